The number of nitrogens with one attached hydrogen (secondary N) is 2. The largest absolute Gasteiger partial charge is 0.451 e. The topological polar surface area (TPSA) is 54.3 Å². The van der Waals surface area contributed by atoms with E-state index in [1.54, 1.807) is 25.2 Å². The molecule has 19 heavy (non-hydrogen) atoms. The van der Waals surface area contributed by atoms with Crippen molar-refractivity contribution in [2.45, 2.75) is 0 Å². The number of carbonyl (C=O) groups excluding carboxylic acids is 1. The van der Waals surface area contributed by atoms with Gasteiger partial charge in [-0.3, -0.25) is 10.1 Å². The van der Waals surface area contributed by atoms with Gasteiger partial charge in [-0.1, -0.05) is 23.7 Å². The Morgan fingerprint density at radius 3 is 2.68 bits per heavy atom. The lowest BCUT2D eigenvalue weighted by atomic mass is 10.2. The maximum Gasteiger partial charge on any atom is 0.293 e. The van der Waals surface area contributed by atoms with Gasteiger partial charge in [0.1, 0.15) is 5.76 Å². The van der Waals surface area contributed by atoms with Crippen LogP contribution in [0.5, 0.6) is 0 Å². The van der Waals surface area contributed by atoms with Crippen LogP contribution in [0.2, 0.25) is 5.02 Å². The Balaban J connectivity index is 2.22. The van der Waals surface area contributed by atoms with Crippen molar-refractivity contribution in [3.8, 4) is 11.3 Å². The molecule has 0 spiro atoms. The highest BCUT2D eigenvalue weighted by atomic mass is 35.5. The van der Waals surface area contributed by atoms with Crippen molar-refractivity contribution < 1.29 is 9.21 Å². The Labute approximate surface area is 120 Å². The molecule has 0 unspecified atom stereocenters. The molecule has 2 N–H and O–H groups in total. The fourth-order valence-electron chi connectivity index (χ4n) is 1.49. The summed E-state index contributed by atoms with van der Waals surface area (Å²) in [6, 6.07) is 10.5. The van der Waals surface area contributed by atoms with Crippen molar-refractivity contribution in [1.29, 1.82) is 0 Å². The smallest absolute Gasteiger partial charge is 0.293 e. The normalized spacial score (nSPS) is 10.0. The molecule has 2 rings (SSSR count). The summed E-state index contributed by atoms with van der Waals surface area (Å²) >= 11 is 10.9. The second-order valence-corrected chi connectivity index (χ2v) is 4.49. The van der Waals surface area contributed by atoms with Gasteiger partial charge in [-0.15, -0.1) is 0 Å². The Kier molecular flexibility index (Phi) is 4.19. The fraction of sp³-hybridized carbons (Fsp3) is 0.0769. The summed E-state index contributed by atoms with van der Waals surface area (Å²) in [4.78, 5) is 11.8. The second kappa shape index (κ2) is 5.86. The van der Waals surface area contributed by atoms with E-state index in [4.69, 9.17) is 28.2 Å². The van der Waals surface area contributed by atoms with Gasteiger partial charge in [-0.2, -0.15) is 0 Å². The highest BCUT2D eigenvalue weighted by Crippen LogP contribution is 2.28. The fourth-order valence-corrected chi connectivity index (χ4v) is 1.81. The number of furan rings is 1. The van der Waals surface area contributed by atoms with Crippen molar-refractivity contribution >= 4 is 34.8 Å². The maximum atomic E-state index is 11.8. The molecule has 0 aliphatic rings. The molecule has 1 amide bonds. The van der Waals surface area contributed by atoms with E-state index in [0.29, 0.717) is 10.8 Å². The summed E-state index contributed by atoms with van der Waals surface area (Å²) < 4.78 is 5.47. The minimum atomic E-state index is -0.405. The predicted octanol–water partition coefficient (Wildman–Crippen LogP) is 2.83. The average Bonchev–Trinajstić information content (AvgIpc) is 2.88. The lowest BCUT2D eigenvalue weighted by Gasteiger charge is -2.03. The van der Waals surface area contributed by atoms with Gasteiger partial charge in [0.2, 0.25) is 0 Å². The summed E-state index contributed by atoms with van der Waals surface area (Å²) in [5.41, 5.74) is 0.736. The first-order chi connectivity index (χ1) is 9.11. The van der Waals surface area contributed by atoms with Gasteiger partial charge in [0, 0.05) is 12.6 Å². The lowest BCUT2D eigenvalue weighted by Crippen LogP contribution is -2.36. The number of halogens is 1. The number of thiocarbonyl (C=S) groups is 1. The Morgan fingerprint density at radius 1 is 1.26 bits per heavy atom. The van der Waals surface area contributed by atoms with Gasteiger partial charge in [0.15, 0.2) is 10.9 Å². The number of rotatable bonds is 2. The first kappa shape index (κ1) is 13.6. The molecule has 0 aliphatic carbocycles. The monoisotopic (exact) mass is 294 g/mol. The van der Waals surface area contributed by atoms with Gasteiger partial charge in [0.25, 0.3) is 5.91 Å². The van der Waals surface area contributed by atoms with Crippen LogP contribution in [0.15, 0.2) is 40.8 Å². The van der Waals surface area contributed by atoms with Crippen LogP contribution in [0.3, 0.4) is 0 Å². The zero-order valence-corrected chi connectivity index (χ0v) is 11.6. The third kappa shape index (κ3) is 3.13. The molecule has 0 fully saturated rings. The Morgan fingerprint density at radius 2 is 2.00 bits per heavy atom. The number of amides is 1. The van der Waals surface area contributed by atoms with Gasteiger partial charge >= 0.3 is 0 Å². The van der Waals surface area contributed by atoms with Gasteiger partial charge in [-0.25, -0.2) is 0 Å². The van der Waals surface area contributed by atoms with E-state index in [-0.39, 0.29) is 10.9 Å². The van der Waals surface area contributed by atoms with E-state index in [9.17, 15) is 4.79 Å². The number of hydrogen-bond acceptors (Lipinski definition) is 3. The van der Waals surface area contributed by atoms with E-state index in [0.717, 1.165) is 5.56 Å². The molecule has 0 bridgehead atoms. The van der Waals surface area contributed by atoms with Gasteiger partial charge < -0.3 is 9.73 Å². The molecule has 1 aromatic heterocycles. The summed E-state index contributed by atoms with van der Waals surface area (Å²) in [5, 5.41) is 5.93. The predicted molar refractivity (Wildman–Crippen MR) is 78.3 cm³/mol. The standard InChI is InChI=1S/C13H11ClN2O2S/c1-15-13(19)16-12(17)11-7-6-10(18-11)8-4-2-3-5-9(8)14/h2-7H,1H3,(H2,15,16,17,19). The van der Waals surface area contributed by atoms with Gasteiger partial charge in [-0.05, 0) is 36.5 Å². The number of benzene rings is 1. The molecule has 2 aromatic rings. The van der Waals surface area contributed by atoms with E-state index in [1.807, 2.05) is 18.2 Å². The van der Waals surface area contributed by atoms with E-state index in [2.05, 4.69) is 10.6 Å². The highest BCUT2D eigenvalue weighted by Gasteiger charge is 2.14. The van der Waals surface area contributed by atoms with Crippen LogP contribution in [0, 0.1) is 0 Å². The zero-order valence-electron chi connectivity index (χ0n) is 10.1. The molecular weight excluding hydrogens is 284 g/mol. The van der Waals surface area contributed by atoms with Crippen molar-refractivity contribution in [1.82, 2.24) is 10.6 Å². The minimum absolute atomic E-state index is 0.174. The van der Waals surface area contributed by atoms with E-state index < -0.39 is 5.91 Å². The van der Waals surface area contributed by atoms with Crippen LogP contribution < -0.4 is 10.6 Å². The molecule has 0 radical (unpaired) electrons. The average molecular weight is 295 g/mol. The molecule has 98 valence electrons. The molecule has 0 atom stereocenters. The van der Waals surface area contributed by atoms with E-state index >= 15 is 0 Å². The van der Waals surface area contributed by atoms with Crippen molar-refractivity contribution in [2.75, 3.05) is 7.05 Å². The quantitative estimate of drug-likeness (QED) is 0.836. The van der Waals surface area contributed by atoms with Crippen molar-refractivity contribution in [3.63, 3.8) is 0 Å². The highest BCUT2D eigenvalue weighted by molar-refractivity contribution is 7.80. The first-order valence-electron chi connectivity index (χ1n) is 5.49. The summed E-state index contributed by atoms with van der Waals surface area (Å²) in [6.45, 7) is 0. The Hall–Kier alpha value is -1.85. The number of hydrogen-bond donors (Lipinski definition) is 2. The zero-order chi connectivity index (χ0) is 13.8. The van der Waals surface area contributed by atoms with Crippen LogP contribution in [0.4, 0.5) is 0 Å². The summed E-state index contributed by atoms with van der Waals surface area (Å²) in [5.74, 6) is 0.302. The molecule has 1 aromatic carbocycles. The van der Waals surface area contributed by atoms with Crippen molar-refractivity contribution in [3.05, 3.63) is 47.2 Å². The maximum absolute atomic E-state index is 11.8. The summed E-state index contributed by atoms with van der Waals surface area (Å²) in [6.07, 6.45) is 0. The summed E-state index contributed by atoms with van der Waals surface area (Å²) in [7, 11) is 1.62. The molecule has 0 saturated heterocycles. The molecule has 4 nitrogen and oxygen atoms in total. The van der Waals surface area contributed by atoms with E-state index in [1.165, 1.54) is 0 Å². The lowest BCUT2D eigenvalue weighted by molar-refractivity contribution is 0.0950. The number of carbonyl (C=O) groups is 1. The molecular formula is C13H11ClN2O2S. The van der Waals surface area contributed by atoms with Crippen LogP contribution in [0.25, 0.3) is 11.3 Å². The van der Waals surface area contributed by atoms with Crippen LogP contribution >= 0.6 is 23.8 Å². The van der Waals surface area contributed by atoms with Gasteiger partial charge in [0.05, 0.1) is 5.02 Å². The SMILES string of the molecule is CNC(=S)NC(=O)c1ccc(-c2ccccc2Cl)o1. The molecule has 0 aliphatic heterocycles. The second-order valence-electron chi connectivity index (χ2n) is 3.68. The molecule has 0 saturated carbocycles. The van der Waals surface area contributed by atoms with Crippen LogP contribution in [-0.4, -0.2) is 18.1 Å². The molecule has 6 heteroatoms. The first-order valence-corrected chi connectivity index (χ1v) is 6.28. The molecule has 1 heterocycles. The third-order valence-corrected chi connectivity index (χ3v) is 3.06. The van der Waals surface area contributed by atoms with Crippen LogP contribution in [-0.2, 0) is 0 Å². The van der Waals surface area contributed by atoms with Crippen LogP contribution in [0.1, 0.15) is 10.6 Å². The Bertz CT molecular complexity index is 625. The third-order valence-electron chi connectivity index (χ3n) is 2.42. The van der Waals surface area contributed by atoms with Crippen molar-refractivity contribution in [2.24, 2.45) is 0 Å². The minimum Gasteiger partial charge on any atom is -0.451 e.